The molecule has 1 amide bonds. The van der Waals surface area contributed by atoms with Crippen molar-refractivity contribution >= 4 is 5.91 Å². The maximum atomic E-state index is 11.3. The number of pyridine rings is 1. The standard InChI is InChI=1S/C11H16N2O3/c1-2-3-6-12-10(14)8-16-9-5-4-7-13-11(9)15/h4-5,7H,2-3,6,8H2,1H3,(H,12,14)(H,13,15). The minimum absolute atomic E-state index is 0.128. The molecule has 0 bridgehead atoms. The Morgan fingerprint density at radius 1 is 1.56 bits per heavy atom. The van der Waals surface area contributed by atoms with Gasteiger partial charge in [-0.2, -0.15) is 0 Å². The third kappa shape index (κ3) is 4.16. The second-order valence-electron chi connectivity index (χ2n) is 3.36. The summed E-state index contributed by atoms with van der Waals surface area (Å²) in [5, 5.41) is 2.70. The summed E-state index contributed by atoms with van der Waals surface area (Å²) in [6.45, 7) is 2.56. The lowest BCUT2D eigenvalue weighted by molar-refractivity contribution is -0.123. The molecule has 1 rings (SSSR count). The van der Waals surface area contributed by atoms with Crippen LogP contribution < -0.4 is 15.6 Å². The topological polar surface area (TPSA) is 71.2 Å². The van der Waals surface area contributed by atoms with Crippen LogP contribution in [0.1, 0.15) is 19.8 Å². The molecule has 5 nitrogen and oxygen atoms in total. The van der Waals surface area contributed by atoms with E-state index in [1.165, 1.54) is 12.3 Å². The lowest BCUT2D eigenvalue weighted by atomic mass is 10.3. The van der Waals surface area contributed by atoms with E-state index in [4.69, 9.17) is 4.74 Å². The summed E-state index contributed by atoms with van der Waals surface area (Å²) >= 11 is 0. The van der Waals surface area contributed by atoms with Crippen LogP contribution >= 0.6 is 0 Å². The third-order valence-corrected chi connectivity index (χ3v) is 1.99. The highest BCUT2D eigenvalue weighted by Crippen LogP contribution is 1.98. The minimum Gasteiger partial charge on any atom is -0.478 e. The number of amides is 1. The highest BCUT2D eigenvalue weighted by molar-refractivity contribution is 5.77. The Balaban J connectivity index is 2.32. The van der Waals surface area contributed by atoms with E-state index in [9.17, 15) is 9.59 Å². The van der Waals surface area contributed by atoms with Gasteiger partial charge in [0.05, 0.1) is 0 Å². The zero-order chi connectivity index (χ0) is 11.8. The van der Waals surface area contributed by atoms with E-state index in [1.54, 1.807) is 6.07 Å². The highest BCUT2D eigenvalue weighted by atomic mass is 16.5. The number of aromatic amines is 1. The largest absolute Gasteiger partial charge is 0.478 e. The van der Waals surface area contributed by atoms with Gasteiger partial charge in [-0.3, -0.25) is 9.59 Å². The fourth-order valence-electron chi connectivity index (χ4n) is 1.12. The average molecular weight is 224 g/mol. The fourth-order valence-corrected chi connectivity index (χ4v) is 1.12. The quantitative estimate of drug-likeness (QED) is 0.698. The molecular formula is C11H16N2O3. The van der Waals surface area contributed by atoms with Crippen molar-refractivity contribution in [2.75, 3.05) is 13.2 Å². The van der Waals surface area contributed by atoms with Crippen LogP contribution in [0, 0.1) is 0 Å². The van der Waals surface area contributed by atoms with Crippen LogP contribution in [0.15, 0.2) is 23.1 Å². The lowest BCUT2D eigenvalue weighted by Crippen LogP contribution is -2.30. The van der Waals surface area contributed by atoms with Gasteiger partial charge in [0, 0.05) is 12.7 Å². The first-order valence-corrected chi connectivity index (χ1v) is 5.31. The van der Waals surface area contributed by atoms with Crippen LogP contribution in [0.3, 0.4) is 0 Å². The van der Waals surface area contributed by atoms with Crippen LogP contribution in [0.25, 0.3) is 0 Å². The molecule has 5 heteroatoms. The van der Waals surface area contributed by atoms with Crippen molar-refractivity contribution in [1.82, 2.24) is 10.3 Å². The first-order valence-electron chi connectivity index (χ1n) is 5.31. The summed E-state index contributed by atoms with van der Waals surface area (Å²) in [5.41, 5.74) is -0.330. The molecule has 0 aliphatic rings. The van der Waals surface area contributed by atoms with Gasteiger partial charge >= 0.3 is 0 Å². The number of carbonyl (C=O) groups is 1. The number of H-pyrrole nitrogens is 1. The average Bonchev–Trinajstić information content (AvgIpc) is 2.28. The first kappa shape index (κ1) is 12.3. The summed E-state index contributed by atoms with van der Waals surface area (Å²) < 4.78 is 5.07. The fraction of sp³-hybridized carbons (Fsp3) is 0.455. The van der Waals surface area contributed by atoms with Crippen molar-refractivity contribution in [2.45, 2.75) is 19.8 Å². The molecule has 0 aliphatic heterocycles. The zero-order valence-corrected chi connectivity index (χ0v) is 9.29. The first-order chi connectivity index (χ1) is 7.74. The Kier molecular flexibility index (Phi) is 5.11. The molecule has 0 saturated carbocycles. The van der Waals surface area contributed by atoms with E-state index in [1.807, 2.05) is 6.92 Å². The van der Waals surface area contributed by atoms with E-state index in [2.05, 4.69) is 10.3 Å². The number of nitrogens with one attached hydrogen (secondary N) is 2. The van der Waals surface area contributed by atoms with Gasteiger partial charge in [-0.25, -0.2) is 0 Å². The Bertz CT molecular complexity index is 387. The van der Waals surface area contributed by atoms with E-state index in [-0.39, 0.29) is 23.8 Å². The lowest BCUT2D eigenvalue weighted by Gasteiger charge is -2.05. The van der Waals surface area contributed by atoms with E-state index in [0.29, 0.717) is 6.54 Å². The SMILES string of the molecule is CCCCNC(=O)COc1ccc[nH]c1=O. The van der Waals surface area contributed by atoms with E-state index in [0.717, 1.165) is 12.8 Å². The molecular weight excluding hydrogens is 208 g/mol. The Morgan fingerprint density at radius 3 is 3.06 bits per heavy atom. The molecule has 1 aromatic heterocycles. The summed E-state index contributed by atoms with van der Waals surface area (Å²) in [5.74, 6) is -0.0511. The zero-order valence-electron chi connectivity index (χ0n) is 9.29. The second kappa shape index (κ2) is 6.66. The molecule has 1 aromatic rings. The number of ether oxygens (including phenoxy) is 1. The normalized spacial score (nSPS) is 9.81. The molecule has 0 aromatic carbocycles. The summed E-state index contributed by atoms with van der Waals surface area (Å²) in [7, 11) is 0. The number of aromatic nitrogens is 1. The highest BCUT2D eigenvalue weighted by Gasteiger charge is 2.03. The molecule has 0 radical (unpaired) electrons. The van der Waals surface area contributed by atoms with Crippen molar-refractivity contribution in [3.8, 4) is 5.75 Å². The molecule has 0 fully saturated rings. The van der Waals surface area contributed by atoms with Gasteiger partial charge in [-0.1, -0.05) is 13.3 Å². The van der Waals surface area contributed by atoms with Crippen LogP contribution in [-0.4, -0.2) is 24.0 Å². The number of hydrogen-bond donors (Lipinski definition) is 2. The molecule has 0 saturated heterocycles. The molecule has 2 N–H and O–H groups in total. The molecule has 0 unspecified atom stereocenters. The van der Waals surface area contributed by atoms with Gasteiger partial charge in [-0.05, 0) is 18.6 Å². The molecule has 0 aliphatic carbocycles. The van der Waals surface area contributed by atoms with Gasteiger partial charge in [0.15, 0.2) is 12.4 Å². The number of hydrogen-bond acceptors (Lipinski definition) is 3. The number of carbonyl (C=O) groups excluding carboxylic acids is 1. The Hall–Kier alpha value is -1.78. The van der Waals surface area contributed by atoms with Crippen molar-refractivity contribution in [2.24, 2.45) is 0 Å². The van der Waals surface area contributed by atoms with Gasteiger partial charge in [-0.15, -0.1) is 0 Å². The van der Waals surface area contributed by atoms with E-state index < -0.39 is 0 Å². The molecule has 0 atom stereocenters. The van der Waals surface area contributed by atoms with Gasteiger partial charge in [0.2, 0.25) is 0 Å². The maximum Gasteiger partial charge on any atom is 0.290 e. The molecule has 0 spiro atoms. The van der Waals surface area contributed by atoms with Gasteiger partial charge in [0.1, 0.15) is 0 Å². The second-order valence-corrected chi connectivity index (χ2v) is 3.36. The van der Waals surface area contributed by atoms with Crippen LogP contribution in [0.5, 0.6) is 5.75 Å². The third-order valence-electron chi connectivity index (χ3n) is 1.99. The van der Waals surface area contributed by atoms with Gasteiger partial charge in [0.25, 0.3) is 11.5 Å². The Morgan fingerprint density at radius 2 is 2.38 bits per heavy atom. The summed E-state index contributed by atoms with van der Waals surface area (Å²) in [6, 6.07) is 3.17. The summed E-state index contributed by atoms with van der Waals surface area (Å²) in [6.07, 6.45) is 3.48. The van der Waals surface area contributed by atoms with Crippen molar-refractivity contribution in [3.63, 3.8) is 0 Å². The van der Waals surface area contributed by atoms with Gasteiger partial charge < -0.3 is 15.0 Å². The molecule has 16 heavy (non-hydrogen) atoms. The van der Waals surface area contributed by atoms with Crippen molar-refractivity contribution < 1.29 is 9.53 Å². The van der Waals surface area contributed by atoms with Crippen LogP contribution in [0.2, 0.25) is 0 Å². The minimum atomic E-state index is -0.330. The predicted molar refractivity (Wildman–Crippen MR) is 60.5 cm³/mol. The predicted octanol–water partition coefficient (Wildman–Crippen LogP) is 0.670. The number of unbranched alkanes of at least 4 members (excludes halogenated alkanes) is 1. The van der Waals surface area contributed by atoms with Crippen LogP contribution in [-0.2, 0) is 4.79 Å². The molecule has 88 valence electrons. The molecule has 1 heterocycles. The van der Waals surface area contributed by atoms with Crippen LogP contribution in [0.4, 0.5) is 0 Å². The Labute approximate surface area is 93.8 Å². The summed E-state index contributed by atoms with van der Waals surface area (Å²) in [4.78, 5) is 24.9. The van der Waals surface area contributed by atoms with Crippen molar-refractivity contribution in [1.29, 1.82) is 0 Å². The van der Waals surface area contributed by atoms with Crippen molar-refractivity contribution in [3.05, 3.63) is 28.7 Å². The number of rotatable bonds is 6. The monoisotopic (exact) mass is 224 g/mol. The smallest absolute Gasteiger partial charge is 0.290 e. The maximum absolute atomic E-state index is 11.3. The van der Waals surface area contributed by atoms with E-state index >= 15 is 0 Å².